The van der Waals surface area contributed by atoms with E-state index in [4.69, 9.17) is 4.74 Å². The van der Waals surface area contributed by atoms with Crippen molar-refractivity contribution in [2.24, 2.45) is 11.3 Å². The number of likely N-dealkylation sites (tertiary alicyclic amines) is 1. The van der Waals surface area contributed by atoms with E-state index in [1.165, 1.54) is 18.1 Å². The van der Waals surface area contributed by atoms with Crippen LogP contribution in [0.5, 0.6) is 0 Å². The van der Waals surface area contributed by atoms with E-state index in [0.717, 1.165) is 37.6 Å². The van der Waals surface area contributed by atoms with E-state index in [-0.39, 0.29) is 17.8 Å². The molecule has 2 aliphatic rings. The van der Waals surface area contributed by atoms with E-state index in [1.807, 2.05) is 23.2 Å². The molecule has 4 rings (SSSR count). The molecule has 1 saturated carbocycles. The van der Waals surface area contributed by atoms with Gasteiger partial charge in [-0.15, -0.1) is 0 Å². The first-order chi connectivity index (χ1) is 12.6. The van der Waals surface area contributed by atoms with Crippen LogP contribution in [0.2, 0.25) is 0 Å². The molecule has 1 aromatic carbocycles. The van der Waals surface area contributed by atoms with E-state index >= 15 is 0 Å². The van der Waals surface area contributed by atoms with E-state index in [2.05, 4.69) is 17.1 Å². The molecule has 1 amide bonds. The second-order valence-corrected chi connectivity index (χ2v) is 7.72. The molecule has 1 aliphatic heterocycles. The zero-order chi connectivity index (χ0) is 18.1. The maximum Gasteiger partial charge on any atom is 0.313 e. The Bertz CT molecular complexity index is 828. The smallest absolute Gasteiger partial charge is 0.313 e. The first-order valence-electron chi connectivity index (χ1n) is 9.55. The highest BCUT2D eigenvalue weighted by Crippen LogP contribution is 2.49. The number of nitrogens with one attached hydrogen (secondary N) is 1. The third kappa shape index (κ3) is 2.79. The van der Waals surface area contributed by atoms with Gasteiger partial charge < -0.3 is 14.6 Å². The average Bonchev–Trinajstić information content (AvgIpc) is 3.33. The van der Waals surface area contributed by atoms with E-state index in [9.17, 15) is 9.59 Å². The molecule has 0 radical (unpaired) electrons. The van der Waals surface area contributed by atoms with Gasteiger partial charge in [0.2, 0.25) is 5.91 Å². The summed E-state index contributed by atoms with van der Waals surface area (Å²) in [6.45, 7) is 1.25. The monoisotopic (exact) mass is 354 g/mol. The molecule has 0 spiro atoms. The van der Waals surface area contributed by atoms with Gasteiger partial charge in [-0.25, -0.2) is 0 Å². The number of aromatic nitrogens is 1. The van der Waals surface area contributed by atoms with Gasteiger partial charge in [0.05, 0.1) is 12.5 Å². The van der Waals surface area contributed by atoms with Gasteiger partial charge in [0.15, 0.2) is 0 Å². The van der Waals surface area contributed by atoms with Gasteiger partial charge in [-0.1, -0.05) is 24.6 Å². The number of hydrogen-bond acceptors (Lipinski definition) is 3. The maximum absolute atomic E-state index is 12.7. The van der Waals surface area contributed by atoms with Crippen LogP contribution in [-0.4, -0.2) is 42.0 Å². The van der Waals surface area contributed by atoms with Gasteiger partial charge in [-0.05, 0) is 43.2 Å². The summed E-state index contributed by atoms with van der Waals surface area (Å²) in [5.41, 5.74) is 1.96. The van der Waals surface area contributed by atoms with Gasteiger partial charge in [-0.3, -0.25) is 9.59 Å². The van der Waals surface area contributed by atoms with Crippen LogP contribution in [0.25, 0.3) is 10.9 Å². The van der Waals surface area contributed by atoms with Crippen LogP contribution in [0.1, 0.15) is 37.7 Å². The second kappa shape index (κ2) is 6.78. The van der Waals surface area contributed by atoms with Crippen molar-refractivity contribution in [2.75, 3.05) is 20.2 Å². The van der Waals surface area contributed by atoms with E-state index in [0.29, 0.717) is 19.5 Å². The molecule has 2 heterocycles. The normalized spacial score (nSPS) is 24.8. The number of methoxy groups -OCH3 is 1. The molecule has 1 saturated heterocycles. The van der Waals surface area contributed by atoms with Gasteiger partial charge in [0, 0.05) is 36.6 Å². The maximum atomic E-state index is 12.7. The Labute approximate surface area is 153 Å². The van der Waals surface area contributed by atoms with E-state index < -0.39 is 5.41 Å². The summed E-state index contributed by atoms with van der Waals surface area (Å²) in [6, 6.07) is 8.25. The number of H-pyrrole nitrogens is 1. The van der Waals surface area contributed by atoms with Crippen LogP contribution in [-0.2, 0) is 20.7 Å². The Hall–Kier alpha value is -2.30. The summed E-state index contributed by atoms with van der Waals surface area (Å²) in [6.07, 6.45) is 7.22. The molecule has 1 aromatic heterocycles. The molecule has 0 unspecified atom stereocenters. The molecular weight excluding hydrogens is 328 g/mol. The molecule has 5 nitrogen and oxygen atoms in total. The highest BCUT2D eigenvalue weighted by atomic mass is 16.5. The minimum atomic E-state index is -0.443. The number of aryl methyl sites for hydroxylation is 1. The summed E-state index contributed by atoms with van der Waals surface area (Å²) < 4.78 is 5.06. The Kier molecular flexibility index (Phi) is 4.47. The quantitative estimate of drug-likeness (QED) is 0.838. The van der Waals surface area contributed by atoms with Crippen LogP contribution in [0.3, 0.4) is 0 Å². The number of esters is 1. The van der Waals surface area contributed by atoms with Gasteiger partial charge >= 0.3 is 5.97 Å². The zero-order valence-electron chi connectivity index (χ0n) is 15.3. The molecule has 26 heavy (non-hydrogen) atoms. The molecule has 2 aromatic rings. The van der Waals surface area contributed by atoms with Crippen LogP contribution in [0.15, 0.2) is 30.5 Å². The Morgan fingerprint density at radius 3 is 3.04 bits per heavy atom. The van der Waals surface area contributed by atoms with E-state index in [1.54, 1.807) is 0 Å². The molecular formula is C21H26N2O3. The molecule has 2 atom stereocenters. The number of fused-ring (bicyclic) bond motifs is 2. The Balaban J connectivity index is 1.35. The molecule has 1 N–H and O–H groups in total. The standard InChI is InChI=1S/C21H26N2O3/c1-26-20(25)21-11-5-7-16(21)13-23(14-21)19(24)10-4-6-15-12-22-18-9-3-2-8-17(15)18/h2-3,8-9,12,16,22H,4-7,10-11,13-14H2,1H3/t16-,21+/m1/s1. The van der Waals surface area contributed by atoms with Crippen molar-refractivity contribution in [2.45, 2.75) is 38.5 Å². The number of para-hydroxylation sites is 1. The molecule has 1 aliphatic carbocycles. The number of benzene rings is 1. The summed E-state index contributed by atoms with van der Waals surface area (Å²) in [5, 5.41) is 1.24. The molecule has 138 valence electrons. The lowest BCUT2D eigenvalue weighted by Crippen LogP contribution is -2.38. The number of carbonyl (C=O) groups is 2. The number of carbonyl (C=O) groups excluding carboxylic acids is 2. The van der Waals surface area contributed by atoms with Crippen LogP contribution >= 0.6 is 0 Å². The highest BCUT2D eigenvalue weighted by Gasteiger charge is 2.56. The van der Waals surface area contributed by atoms with Crippen LogP contribution < -0.4 is 0 Å². The number of rotatable bonds is 5. The molecule has 5 heteroatoms. The third-order valence-corrected chi connectivity index (χ3v) is 6.33. The fourth-order valence-corrected chi connectivity index (χ4v) is 4.94. The van der Waals surface area contributed by atoms with Crippen molar-refractivity contribution in [1.82, 2.24) is 9.88 Å². The number of amides is 1. The summed E-state index contributed by atoms with van der Waals surface area (Å²) >= 11 is 0. The van der Waals surface area contributed by atoms with Crippen LogP contribution in [0.4, 0.5) is 0 Å². The summed E-state index contributed by atoms with van der Waals surface area (Å²) in [5.74, 6) is 0.309. The minimum absolute atomic E-state index is 0.130. The predicted molar refractivity (Wildman–Crippen MR) is 99.6 cm³/mol. The summed E-state index contributed by atoms with van der Waals surface area (Å²) in [7, 11) is 1.46. The lowest BCUT2D eigenvalue weighted by Gasteiger charge is -2.25. The Morgan fingerprint density at radius 2 is 2.19 bits per heavy atom. The molecule has 0 bridgehead atoms. The minimum Gasteiger partial charge on any atom is -0.469 e. The fraction of sp³-hybridized carbons (Fsp3) is 0.524. The number of ether oxygens (including phenoxy) is 1. The topological polar surface area (TPSA) is 62.4 Å². The van der Waals surface area contributed by atoms with Gasteiger partial charge in [-0.2, -0.15) is 0 Å². The SMILES string of the molecule is COC(=O)[C@]12CCC[C@@H]1CN(C(=O)CCCc1c[nH]c3ccccc13)C2. The average molecular weight is 354 g/mol. The second-order valence-electron chi connectivity index (χ2n) is 7.72. The number of aromatic amines is 1. The number of nitrogens with zero attached hydrogens (tertiary/aromatic N) is 1. The predicted octanol–water partition coefficient (Wildman–Crippen LogP) is 3.29. The van der Waals surface area contributed by atoms with Crippen LogP contribution in [0, 0.1) is 11.3 Å². The number of hydrogen-bond donors (Lipinski definition) is 1. The van der Waals surface area contributed by atoms with Crippen molar-refractivity contribution < 1.29 is 14.3 Å². The third-order valence-electron chi connectivity index (χ3n) is 6.33. The largest absolute Gasteiger partial charge is 0.469 e. The lowest BCUT2D eigenvalue weighted by molar-refractivity contribution is -0.153. The zero-order valence-corrected chi connectivity index (χ0v) is 15.3. The lowest BCUT2D eigenvalue weighted by atomic mass is 9.81. The fourth-order valence-electron chi connectivity index (χ4n) is 4.94. The Morgan fingerprint density at radius 1 is 1.35 bits per heavy atom. The van der Waals surface area contributed by atoms with Gasteiger partial charge in [0.1, 0.15) is 0 Å². The van der Waals surface area contributed by atoms with Crippen molar-refractivity contribution in [3.05, 3.63) is 36.0 Å². The summed E-state index contributed by atoms with van der Waals surface area (Å²) in [4.78, 5) is 30.2. The first-order valence-corrected chi connectivity index (χ1v) is 9.55. The highest BCUT2D eigenvalue weighted by molar-refractivity contribution is 5.84. The van der Waals surface area contributed by atoms with Crippen molar-refractivity contribution in [3.8, 4) is 0 Å². The molecule has 2 fully saturated rings. The van der Waals surface area contributed by atoms with Crippen molar-refractivity contribution in [1.29, 1.82) is 0 Å². The first kappa shape index (κ1) is 17.1. The van der Waals surface area contributed by atoms with Crippen molar-refractivity contribution in [3.63, 3.8) is 0 Å². The van der Waals surface area contributed by atoms with Crippen molar-refractivity contribution >= 4 is 22.8 Å². The van der Waals surface area contributed by atoms with Gasteiger partial charge in [0.25, 0.3) is 0 Å².